The van der Waals surface area contributed by atoms with Crippen LogP contribution < -0.4 is 52.6 Å². The number of nitrogens with zero attached hydrogens (tertiary/aromatic N) is 4. The summed E-state index contributed by atoms with van der Waals surface area (Å²) in [5.74, 6) is -1.63. The lowest BCUT2D eigenvalue weighted by Gasteiger charge is -2.27. The number of unbranched alkanes of at least 4 members (excludes halogenated alkanes) is 1. The Morgan fingerprint density at radius 2 is 0.933 bits per heavy atom. The summed E-state index contributed by atoms with van der Waals surface area (Å²) in [5.41, 5.74) is 22.2. The quantitative estimate of drug-likeness (QED) is 0.00752. The molecular formula is C114H140N14O18S3. The Labute approximate surface area is 872 Å². The van der Waals surface area contributed by atoms with Crippen LogP contribution in [0.4, 0.5) is 16.2 Å². The fraction of sp³-hybridized carbons (Fsp3) is 0.360. The first-order chi connectivity index (χ1) is 70.8. The maximum atomic E-state index is 13.2. The topological polar surface area (TPSA) is 465 Å². The number of nitrogens with one attached hydrogen (secondary N) is 9. The maximum absolute atomic E-state index is 13.2. The van der Waals surface area contributed by atoms with E-state index in [2.05, 4.69) is 102 Å². The van der Waals surface area contributed by atoms with Gasteiger partial charge in [-0.3, -0.25) is 52.5 Å². The molecule has 5 amide bonds. The van der Waals surface area contributed by atoms with Crippen molar-refractivity contribution in [1.82, 2.24) is 55.0 Å². The predicted octanol–water partition coefficient (Wildman–Crippen LogP) is 15.4. The summed E-state index contributed by atoms with van der Waals surface area (Å²) in [6.45, 7) is 27.8. The van der Waals surface area contributed by atoms with E-state index in [0.717, 1.165) is 152 Å². The van der Waals surface area contributed by atoms with Gasteiger partial charge >= 0.3 is 6.03 Å². The molecule has 0 fully saturated rings. The van der Waals surface area contributed by atoms with Gasteiger partial charge in [-0.1, -0.05) is 184 Å². The molecule has 32 nitrogen and oxygen atoms in total. The van der Waals surface area contributed by atoms with Crippen molar-refractivity contribution in [1.29, 1.82) is 0 Å². The van der Waals surface area contributed by atoms with Gasteiger partial charge in [0, 0.05) is 140 Å². The second-order valence-corrected chi connectivity index (χ2v) is 41.8. The average Bonchev–Trinajstić information content (AvgIpc) is 1.71. The minimum Gasteiger partial charge on any atom is -0.354 e. The van der Waals surface area contributed by atoms with Crippen molar-refractivity contribution >= 4 is 144 Å². The number of benzene rings is 10. The number of hydrogen-bond acceptors (Lipinski definition) is 22. The molecule has 0 bridgehead atoms. The van der Waals surface area contributed by atoms with Crippen molar-refractivity contribution in [2.75, 3.05) is 129 Å². The number of H-pyrrole nitrogens is 2. The fourth-order valence-electron chi connectivity index (χ4n) is 18.3. The number of fused-ring (bicyclic) bond motifs is 11. The molecule has 17 rings (SSSR count). The highest BCUT2D eigenvalue weighted by molar-refractivity contribution is 7.89. The van der Waals surface area contributed by atoms with E-state index in [1.54, 1.807) is 54.6 Å². The molecule has 2 aromatic heterocycles. The second kappa shape index (κ2) is 55.1. The number of aromatic nitrogens is 2. The number of aromatic amines is 2. The van der Waals surface area contributed by atoms with Gasteiger partial charge in [0.05, 0.1) is 46.5 Å². The highest BCUT2D eigenvalue weighted by Gasteiger charge is 2.47. The van der Waals surface area contributed by atoms with Gasteiger partial charge in [-0.2, -0.15) is 8.42 Å². The lowest BCUT2D eigenvalue weighted by Crippen LogP contribution is -2.36. The summed E-state index contributed by atoms with van der Waals surface area (Å²) >= 11 is 0. The van der Waals surface area contributed by atoms with Crippen molar-refractivity contribution in [3.8, 4) is 0 Å². The van der Waals surface area contributed by atoms with Gasteiger partial charge in [-0.05, 0) is 260 Å². The molecule has 149 heavy (non-hydrogen) atoms. The van der Waals surface area contributed by atoms with Gasteiger partial charge in [0.1, 0.15) is 5.78 Å². The molecule has 2 unspecified atom stereocenters. The molecule has 10 aromatic carbocycles. The number of nitrogens with two attached hydrogens (primary N) is 1. The normalized spacial score (nSPS) is 14.0. The van der Waals surface area contributed by atoms with Gasteiger partial charge in [-0.25, -0.2) is 31.1 Å². The number of Topliss-reactive ketones (excluding diaryl/α,β-unsaturated/α-hetero) is 3. The zero-order valence-corrected chi connectivity index (χ0v) is 88.6. The molecule has 12 aromatic rings. The third-order valence-electron chi connectivity index (χ3n) is 26.1. The van der Waals surface area contributed by atoms with Crippen molar-refractivity contribution in [3.63, 3.8) is 0 Å². The zero-order chi connectivity index (χ0) is 107. The average molecular weight is 2090 g/mol. The van der Waals surface area contributed by atoms with Crippen LogP contribution in [0.15, 0.2) is 226 Å². The summed E-state index contributed by atoms with van der Waals surface area (Å²) in [6, 6.07) is 60.1. The number of rotatable bonds is 36. The SMILES string of the molecule is C.CC.CCN(CC)CCCCC(=O)c1cc(NC(=O)NCCCC(=O)Cc2ccc3c(c2)CC(=O)N3)cc(C(=O)NCCCN(CC)CC)c1.CCN(CC)CCCNS(C)(=O)=O.CN(C)CCCNS(=O)(=O)c1ccc(C2=C3C(=O)c4ccccc4C(N)C3C(=O)N2)cc1.CS(=O)(=O)O.O=C1c2ccccc2Cc2cc3c(=O)c4ccccc4[nH]c3cc21.O=C1c2ccccc2Cc2cc3c(=O)c4ccccc4[nH]c3cc21. The molecule has 5 aliphatic rings. The second-order valence-electron chi connectivity index (χ2n) is 36.8. The van der Waals surface area contributed by atoms with E-state index in [9.17, 15) is 78.0 Å². The van der Waals surface area contributed by atoms with Gasteiger partial charge in [0.2, 0.25) is 31.9 Å². The monoisotopic (exact) mass is 2090 g/mol. The summed E-state index contributed by atoms with van der Waals surface area (Å²) in [4.78, 5) is 156. The van der Waals surface area contributed by atoms with E-state index < -0.39 is 48.2 Å². The standard InChI is InChI=1S/C37H54N6O5.C23H26N4O4S.2C21H13NO2.C8H20N2O2S.C2H6.CH4O3S.CH4/c1-5-42(6-2)19-10-9-14-34(45)29-23-30(36(47)38-18-12-20-43(7-3)8-4)25-31(24-29)40-37(48)39-17-11-13-32(44)22-27-15-16-33-28(21-27)26-35(46)41-33;1-27(2)13-5-12-25-32(30,31)15-10-8-14(9-11-15)21-19-18(23(29)26-21)20(24)16-6-3-4-7-17(16)22(19)28;2*23-20-14-6-2-1-5-12(14)9-13-10-17-19(11-16(13)20)22-18-8-4-3-7-15(18)21(17)24;1-4-10(5-2)8-6-7-9-13(3,11)12;1-2;1-5(2,3)4;/h15-16,21,23-25H,5-14,17-20,22,26H2,1-4H3,(H,38,47)(H,41,46)(H2,39,40,48);3-4,6-11,18,20,25H,5,12-13,24H2,1-2H3,(H,26,29);2*1-8,10-11H,9H2,(H,22,24);9H,4-8H2,1-3H3;1-2H3;1H3,(H,2,3,4);1H4. The van der Waals surface area contributed by atoms with Crippen LogP contribution in [0.3, 0.4) is 0 Å². The number of pyridine rings is 2. The summed E-state index contributed by atoms with van der Waals surface area (Å²) in [7, 11) is -6.46. The Balaban J connectivity index is 0.000000196. The van der Waals surface area contributed by atoms with E-state index in [1.165, 1.54) is 18.4 Å². The molecule has 0 radical (unpaired) electrons. The van der Waals surface area contributed by atoms with E-state index in [4.69, 9.17) is 10.3 Å². The fourth-order valence-corrected chi connectivity index (χ4v) is 19.9. The minimum atomic E-state index is -3.67. The highest BCUT2D eigenvalue weighted by Crippen LogP contribution is 2.44. The number of urea groups is 1. The Hall–Kier alpha value is -13.6. The smallest absolute Gasteiger partial charge is 0.319 e. The third kappa shape index (κ3) is 32.0. The first-order valence-electron chi connectivity index (χ1n) is 50.4. The van der Waals surface area contributed by atoms with Gasteiger partial charge in [-0.15, -0.1) is 0 Å². The molecule has 4 heterocycles. The lowest BCUT2D eigenvalue weighted by atomic mass is 9.76. The molecule has 792 valence electrons. The number of para-hydroxylation sites is 2. The Kier molecular flexibility index (Phi) is 43.4. The van der Waals surface area contributed by atoms with E-state index in [1.807, 2.05) is 172 Å². The number of ketones is 5. The first kappa shape index (κ1) is 117. The van der Waals surface area contributed by atoms with Crippen LogP contribution in [-0.2, 0) is 70.2 Å². The Morgan fingerprint density at radius 1 is 0.450 bits per heavy atom. The largest absolute Gasteiger partial charge is 0.354 e. The van der Waals surface area contributed by atoms with Crippen LogP contribution in [-0.4, -0.2) is 230 Å². The number of carbonyl (C=O) groups excluding carboxylic acids is 9. The molecule has 12 N–H and O–H groups in total. The maximum Gasteiger partial charge on any atom is 0.319 e. The number of anilines is 2. The van der Waals surface area contributed by atoms with Crippen molar-refractivity contribution in [2.24, 2.45) is 11.7 Å². The molecule has 0 spiro atoms. The van der Waals surface area contributed by atoms with E-state index in [0.29, 0.717) is 159 Å². The lowest BCUT2D eigenvalue weighted by molar-refractivity contribution is -0.122. The summed E-state index contributed by atoms with van der Waals surface area (Å²) in [6.07, 6.45) is 8.98. The zero-order valence-electron chi connectivity index (χ0n) is 86.1. The Bertz CT molecular complexity index is 7150. The van der Waals surface area contributed by atoms with Crippen LogP contribution in [0.25, 0.3) is 49.3 Å². The van der Waals surface area contributed by atoms with Crippen molar-refractivity contribution in [3.05, 3.63) is 316 Å². The molecule has 0 saturated carbocycles. The van der Waals surface area contributed by atoms with Crippen LogP contribution in [0.2, 0.25) is 0 Å². The van der Waals surface area contributed by atoms with Gasteiger partial charge in [0.15, 0.2) is 34.0 Å². The molecule has 2 aliphatic heterocycles. The van der Waals surface area contributed by atoms with Gasteiger partial charge in [0.25, 0.3) is 16.0 Å². The Morgan fingerprint density at radius 3 is 1.47 bits per heavy atom. The molecule has 35 heteroatoms. The molecule has 2 atom stereocenters. The third-order valence-corrected chi connectivity index (χ3v) is 28.3. The molecule has 3 aliphatic carbocycles. The molecule has 0 saturated heterocycles. The predicted molar refractivity (Wildman–Crippen MR) is 592 cm³/mol. The minimum absolute atomic E-state index is 0. The summed E-state index contributed by atoms with van der Waals surface area (Å²) in [5, 5.41) is 16.7. The molecular weight excluding hydrogens is 1950 g/mol. The van der Waals surface area contributed by atoms with Gasteiger partial charge < -0.3 is 61.9 Å². The number of amides is 5. The van der Waals surface area contributed by atoms with E-state index >= 15 is 0 Å². The van der Waals surface area contributed by atoms with Crippen molar-refractivity contribution in [2.45, 2.75) is 151 Å². The number of hydrogen-bond donors (Lipinski definition) is 11. The van der Waals surface area contributed by atoms with Crippen LogP contribution in [0.5, 0.6) is 0 Å². The van der Waals surface area contributed by atoms with Crippen LogP contribution >= 0.6 is 0 Å². The van der Waals surface area contributed by atoms with Crippen LogP contribution in [0.1, 0.15) is 228 Å². The number of sulfonamides is 2. The summed E-state index contributed by atoms with van der Waals surface area (Å²) < 4.78 is 77.4. The number of carbonyl (C=O) groups is 9. The van der Waals surface area contributed by atoms with Crippen LogP contribution in [0, 0.1) is 5.92 Å². The first-order valence-corrected chi connectivity index (χ1v) is 55.6. The van der Waals surface area contributed by atoms with Crippen molar-refractivity contribution < 1.29 is 73.0 Å². The van der Waals surface area contributed by atoms with E-state index in [-0.39, 0.29) is 82.8 Å². The highest BCUT2D eigenvalue weighted by atomic mass is 32.2.